The van der Waals surface area contributed by atoms with E-state index in [9.17, 15) is 0 Å². The van der Waals surface area contributed by atoms with Crippen LogP contribution in [0, 0.1) is 0 Å². The van der Waals surface area contributed by atoms with Crippen molar-refractivity contribution in [2.45, 2.75) is 0 Å². The number of nitrogens with zero attached hydrogens (tertiary/aromatic N) is 5. The summed E-state index contributed by atoms with van der Waals surface area (Å²) in [7, 11) is 0. The van der Waals surface area contributed by atoms with E-state index in [1.807, 2.05) is 18.2 Å². The number of rotatable bonds is 1. The zero-order valence-corrected chi connectivity index (χ0v) is 7.78. The predicted molar refractivity (Wildman–Crippen MR) is 54.5 cm³/mol. The van der Waals surface area contributed by atoms with E-state index in [1.54, 1.807) is 29.5 Å². The fourth-order valence-electron chi connectivity index (χ4n) is 1.45. The van der Waals surface area contributed by atoms with E-state index in [4.69, 9.17) is 0 Å². The minimum Gasteiger partial charge on any atom is -0.262 e. The van der Waals surface area contributed by atoms with Crippen LogP contribution in [0.5, 0.6) is 0 Å². The number of aromatic nitrogens is 5. The van der Waals surface area contributed by atoms with Gasteiger partial charge >= 0.3 is 0 Å². The summed E-state index contributed by atoms with van der Waals surface area (Å²) in [4.78, 5) is 8.03. The molecule has 0 aliphatic rings. The molecule has 0 N–H and O–H groups in total. The first-order valence-electron chi connectivity index (χ1n) is 4.51. The normalized spacial score (nSPS) is 10.7. The van der Waals surface area contributed by atoms with E-state index < -0.39 is 0 Å². The fourth-order valence-corrected chi connectivity index (χ4v) is 1.45. The van der Waals surface area contributed by atoms with Crippen molar-refractivity contribution < 1.29 is 0 Å². The second-order valence-electron chi connectivity index (χ2n) is 3.08. The molecule has 0 amide bonds. The van der Waals surface area contributed by atoms with E-state index in [0.29, 0.717) is 0 Å². The van der Waals surface area contributed by atoms with Gasteiger partial charge in [0.15, 0.2) is 0 Å². The van der Waals surface area contributed by atoms with E-state index in [0.717, 1.165) is 16.7 Å². The van der Waals surface area contributed by atoms with Crippen LogP contribution in [-0.2, 0) is 0 Å². The summed E-state index contributed by atoms with van der Waals surface area (Å²) in [5.41, 5.74) is 2.60. The second-order valence-corrected chi connectivity index (χ2v) is 3.08. The van der Waals surface area contributed by atoms with Gasteiger partial charge in [0.2, 0.25) is 0 Å². The second kappa shape index (κ2) is 3.13. The first-order valence-corrected chi connectivity index (χ1v) is 4.51. The third kappa shape index (κ3) is 1.25. The van der Waals surface area contributed by atoms with Gasteiger partial charge < -0.3 is 0 Å². The molecule has 0 aromatic carbocycles. The molecule has 0 saturated heterocycles. The zero-order chi connectivity index (χ0) is 10.1. The van der Waals surface area contributed by atoms with Crippen LogP contribution in [0.2, 0.25) is 0 Å². The highest BCUT2D eigenvalue weighted by atomic mass is 15.4. The minimum absolute atomic E-state index is 0.779. The van der Waals surface area contributed by atoms with Crippen LogP contribution in [0.3, 0.4) is 0 Å². The van der Waals surface area contributed by atoms with Gasteiger partial charge in [-0.1, -0.05) is 5.21 Å². The smallest absolute Gasteiger partial charge is 0.131 e. The summed E-state index contributed by atoms with van der Waals surface area (Å²) in [6, 6.07) is 5.67. The summed E-state index contributed by atoms with van der Waals surface area (Å²) in [6.07, 6.45) is 6.88. The molecule has 5 nitrogen and oxygen atoms in total. The van der Waals surface area contributed by atoms with Gasteiger partial charge in [0.05, 0.1) is 23.6 Å². The third-order valence-corrected chi connectivity index (χ3v) is 2.14. The molecule has 3 aromatic heterocycles. The highest BCUT2D eigenvalue weighted by molar-refractivity contribution is 5.74. The Labute approximate surface area is 85.4 Å². The summed E-state index contributed by atoms with van der Waals surface area (Å²) in [5.74, 6) is 0. The summed E-state index contributed by atoms with van der Waals surface area (Å²) < 4.78 is 1.74. The maximum absolute atomic E-state index is 4.05. The molecular formula is C10H7N5. The van der Waals surface area contributed by atoms with Crippen molar-refractivity contribution in [1.29, 1.82) is 0 Å². The maximum Gasteiger partial charge on any atom is 0.131 e. The molecule has 3 rings (SSSR count). The lowest BCUT2D eigenvalue weighted by atomic mass is 10.4. The Balaban J connectivity index is 2.28. The minimum atomic E-state index is 0.779. The number of pyridine rings is 2. The Morgan fingerprint density at radius 3 is 2.80 bits per heavy atom. The van der Waals surface area contributed by atoms with Gasteiger partial charge in [-0.25, -0.2) is 4.68 Å². The first kappa shape index (κ1) is 8.05. The molecule has 5 heteroatoms. The van der Waals surface area contributed by atoms with Gasteiger partial charge in [-0.05, 0) is 18.2 Å². The molecule has 0 spiro atoms. The van der Waals surface area contributed by atoms with E-state index in [2.05, 4.69) is 20.3 Å². The topological polar surface area (TPSA) is 56.5 Å². The molecule has 3 aromatic rings. The van der Waals surface area contributed by atoms with E-state index in [1.165, 1.54) is 0 Å². The van der Waals surface area contributed by atoms with Gasteiger partial charge in [-0.15, -0.1) is 5.10 Å². The van der Waals surface area contributed by atoms with Crippen molar-refractivity contribution in [2.24, 2.45) is 0 Å². The SMILES string of the molecule is c1cncc(-n2nnc3cnccc32)c1. The molecule has 72 valence electrons. The van der Waals surface area contributed by atoms with Crippen molar-refractivity contribution in [2.75, 3.05) is 0 Å². The van der Waals surface area contributed by atoms with Crippen LogP contribution in [0.15, 0.2) is 43.0 Å². The summed E-state index contributed by atoms with van der Waals surface area (Å²) >= 11 is 0. The number of hydrogen-bond acceptors (Lipinski definition) is 4. The van der Waals surface area contributed by atoms with Crippen molar-refractivity contribution in [3.05, 3.63) is 43.0 Å². The molecule has 0 bridgehead atoms. The van der Waals surface area contributed by atoms with E-state index in [-0.39, 0.29) is 0 Å². The molecule has 0 saturated carbocycles. The van der Waals surface area contributed by atoms with Crippen molar-refractivity contribution >= 4 is 11.0 Å². The van der Waals surface area contributed by atoms with Crippen LogP contribution < -0.4 is 0 Å². The third-order valence-electron chi connectivity index (χ3n) is 2.14. The Morgan fingerprint density at radius 1 is 1.00 bits per heavy atom. The molecule has 15 heavy (non-hydrogen) atoms. The average molecular weight is 197 g/mol. The summed E-state index contributed by atoms with van der Waals surface area (Å²) in [5, 5.41) is 8.07. The quantitative estimate of drug-likeness (QED) is 0.588. The zero-order valence-electron chi connectivity index (χ0n) is 7.78. The molecule has 0 radical (unpaired) electrons. The van der Waals surface area contributed by atoms with Crippen LogP contribution in [0.4, 0.5) is 0 Å². The van der Waals surface area contributed by atoms with Gasteiger partial charge in [-0.2, -0.15) is 0 Å². The molecule has 0 aliphatic heterocycles. The van der Waals surface area contributed by atoms with Crippen LogP contribution >= 0.6 is 0 Å². The van der Waals surface area contributed by atoms with Gasteiger partial charge in [0.1, 0.15) is 5.52 Å². The monoisotopic (exact) mass is 197 g/mol. The Morgan fingerprint density at radius 2 is 1.93 bits per heavy atom. The molecule has 3 heterocycles. The van der Waals surface area contributed by atoms with Gasteiger partial charge in [0.25, 0.3) is 0 Å². The van der Waals surface area contributed by atoms with Crippen LogP contribution in [0.1, 0.15) is 0 Å². The summed E-state index contributed by atoms with van der Waals surface area (Å²) in [6.45, 7) is 0. The number of hydrogen-bond donors (Lipinski definition) is 0. The lowest BCUT2D eigenvalue weighted by Crippen LogP contribution is -1.96. The van der Waals surface area contributed by atoms with Crippen molar-refractivity contribution in [3.63, 3.8) is 0 Å². The molecule has 0 unspecified atom stereocenters. The highest BCUT2D eigenvalue weighted by Crippen LogP contribution is 2.13. The number of fused-ring (bicyclic) bond motifs is 1. The molecule has 0 aliphatic carbocycles. The van der Waals surface area contributed by atoms with Crippen molar-refractivity contribution in [1.82, 2.24) is 25.0 Å². The Kier molecular flexibility index (Phi) is 1.68. The average Bonchev–Trinajstić information content (AvgIpc) is 2.74. The Bertz CT molecular complexity index is 587. The lowest BCUT2D eigenvalue weighted by molar-refractivity contribution is 0.820. The molecule has 0 atom stereocenters. The molecular weight excluding hydrogens is 190 g/mol. The van der Waals surface area contributed by atoms with Crippen LogP contribution in [-0.4, -0.2) is 25.0 Å². The Hall–Kier alpha value is -2.30. The van der Waals surface area contributed by atoms with Gasteiger partial charge in [-0.3, -0.25) is 9.97 Å². The standard InChI is InChI=1S/C10H7N5/c1-2-8(6-11-4-1)15-10-3-5-12-7-9(10)13-14-15/h1-7H. The van der Waals surface area contributed by atoms with Crippen LogP contribution in [0.25, 0.3) is 16.7 Å². The molecule has 0 fully saturated rings. The maximum atomic E-state index is 4.05. The predicted octanol–water partition coefficient (Wildman–Crippen LogP) is 1.21. The first-order chi connectivity index (χ1) is 7.45. The largest absolute Gasteiger partial charge is 0.262 e. The highest BCUT2D eigenvalue weighted by Gasteiger charge is 2.04. The lowest BCUT2D eigenvalue weighted by Gasteiger charge is -1.99. The van der Waals surface area contributed by atoms with Crippen molar-refractivity contribution in [3.8, 4) is 5.69 Å². The van der Waals surface area contributed by atoms with Gasteiger partial charge in [0, 0.05) is 12.4 Å². The van der Waals surface area contributed by atoms with E-state index >= 15 is 0 Å². The fraction of sp³-hybridized carbons (Fsp3) is 0.